The topological polar surface area (TPSA) is 29.3 Å². The predicted octanol–water partition coefficient (Wildman–Crippen LogP) is 3.41. The molecular weight excluding hydrogens is 241 g/mol. The van der Waals surface area contributed by atoms with Gasteiger partial charge in [0.05, 0.1) is 6.54 Å². The lowest BCUT2D eigenvalue weighted by atomic mass is 9.87. The summed E-state index contributed by atoms with van der Waals surface area (Å²) in [6.07, 6.45) is -2.71. The van der Waals surface area contributed by atoms with Crippen molar-refractivity contribution >= 4 is 0 Å². The average Bonchev–Trinajstić information content (AvgIpc) is 2.06. The Balaban J connectivity index is 4.20. The lowest BCUT2D eigenvalue weighted by Gasteiger charge is -2.30. The first kappa shape index (κ1) is 17.7. The van der Waals surface area contributed by atoms with E-state index in [9.17, 15) is 13.2 Å². The van der Waals surface area contributed by atoms with Crippen molar-refractivity contribution < 1.29 is 13.2 Å². The maximum atomic E-state index is 12.4. The van der Waals surface area contributed by atoms with Gasteiger partial charge in [-0.15, -0.1) is 0 Å². The third-order valence-corrected chi connectivity index (χ3v) is 2.77. The molecule has 0 radical (unpaired) electrons. The summed E-state index contributed by atoms with van der Waals surface area (Å²) < 4.78 is 37.2. The molecule has 110 valence electrons. The molecule has 1 unspecified atom stereocenters. The van der Waals surface area contributed by atoms with E-state index >= 15 is 0 Å². The van der Waals surface area contributed by atoms with Crippen LogP contribution in [0.1, 0.15) is 47.5 Å². The number of alkyl halides is 3. The Hall–Kier alpha value is -0.290. The third-order valence-electron chi connectivity index (χ3n) is 2.77. The number of hydrogen-bond donors (Lipinski definition) is 1. The monoisotopic (exact) mass is 268 g/mol. The maximum absolute atomic E-state index is 12.4. The van der Waals surface area contributed by atoms with Crippen molar-refractivity contribution in [1.82, 2.24) is 4.90 Å². The summed E-state index contributed by atoms with van der Waals surface area (Å²) in [5.74, 6) is 0. The fourth-order valence-corrected chi connectivity index (χ4v) is 1.97. The molecule has 0 amide bonds. The van der Waals surface area contributed by atoms with Gasteiger partial charge >= 0.3 is 6.18 Å². The highest BCUT2D eigenvalue weighted by atomic mass is 19.4. The van der Waals surface area contributed by atoms with Gasteiger partial charge in [-0.25, -0.2) is 0 Å². The number of hydrogen-bond acceptors (Lipinski definition) is 2. The van der Waals surface area contributed by atoms with E-state index in [2.05, 4.69) is 20.8 Å². The smallest absolute Gasteiger partial charge is 0.328 e. The van der Waals surface area contributed by atoms with Crippen LogP contribution in [0.2, 0.25) is 0 Å². The van der Waals surface area contributed by atoms with Crippen LogP contribution >= 0.6 is 0 Å². The molecule has 2 N–H and O–H groups in total. The molecule has 0 spiro atoms. The molecule has 18 heavy (non-hydrogen) atoms. The second kappa shape index (κ2) is 6.75. The molecule has 0 bridgehead atoms. The molecule has 0 fully saturated rings. The van der Waals surface area contributed by atoms with Crippen molar-refractivity contribution in [2.75, 3.05) is 13.1 Å². The highest BCUT2D eigenvalue weighted by Gasteiger charge is 2.31. The summed E-state index contributed by atoms with van der Waals surface area (Å²) in [5, 5.41) is 0. The van der Waals surface area contributed by atoms with Crippen LogP contribution in [0.3, 0.4) is 0 Å². The summed E-state index contributed by atoms with van der Waals surface area (Å²) in [6, 6.07) is -0.159. The largest absolute Gasteiger partial charge is 0.401 e. The van der Waals surface area contributed by atoms with E-state index in [0.29, 0.717) is 13.0 Å². The Morgan fingerprint density at radius 3 is 1.94 bits per heavy atom. The van der Waals surface area contributed by atoms with Crippen LogP contribution in [0.5, 0.6) is 0 Å². The summed E-state index contributed by atoms with van der Waals surface area (Å²) >= 11 is 0. The zero-order valence-electron chi connectivity index (χ0n) is 12.1. The van der Waals surface area contributed by atoms with Gasteiger partial charge in [0.25, 0.3) is 0 Å². The molecule has 0 aromatic rings. The second-order valence-electron chi connectivity index (χ2n) is 6.49. The van der Waals surface area contributed by atoms with Crippen LogP contribution < -0.4 is 5.73 Å². The Morgan fingerprint density at radius 1 is 1.11 bits per heavy atom. The van der Waals surface area contributed by atoms with Gasteiger partial charge < -0.3 is 5.73 Å². The van der Waals surface area contributed by atoms with Crippen LogP contribution in [-0.2, 0) is 0 Å². The molecule has 0 aliphatic rings. The lowest BCUT2D eigenvalue weighted by Crippen LogP contribution is -2.41. The van der Waals surface area contributed by atoms with E-state index in [-0.39, 0.29) is 17.5 Å². The third kappa shape index (κ3) is 9.71. The highest BCUT2D eigenvalue weighted by Crippen LogP contribution is 2.22. The van der Waals surface area contributed by atoms with Gasteiger partial charge in [0.1, 0.15) is 0 Å². The first-order chi connectivity index (χ1) is 7.91. The molecule has 0 saturated carbocycles. The molecule has 5 heteroatoms. The van der Waals surface area contributed by atoms with Crippen molar-refractivity contribution in [3.63, 3.8) is 0 Å². The van der Waals surface area contributed by atoms with Crippen LogP contribution in [0.15, 0.2) is 0 Å². The van der Waals surface area contributed by atoms with E-state index in [0.717, 1.165) is 6.42 Å². The molecular formula is C13H27F3N2. The second-order valence-corrected chi connectivity index (χ2v) is 6.49. The molecule has 0 rings (SSSR count). The Kier molecular flexibility index (Phi) is 6.65. The molecule has 2 nitrogen and oxygen atoms in total. The molecule has 0 saturated heterocycles. The Bertz CT molecular complexity index is 231. The van der Waals surface area contributed by atoms with Crippen LogP contribution in [0, 0.1) is 5.41 Å². The van der Waals surface area contributed by atoms with E-state index in [4.69, 9.17) is 5.73 Å². The SMILES string of the molecule is CC(C)N(CCC(N)CC(C)(C)C)CC(F)(F)F. The van der Waals surface area contributed by atoms with E-state index in [1.54, 1.807) is 13.8 Å². The van der Waals surface area contributed by atoms with Crippen LogP contribution in [0.4, 0.5) is 13.2 Å². The molecule has 0 heterocycles. The summed E-state index contributed by atoms with van der Waals surface area (Å²) in [7, 11) is 0. The summed E-state index contributed by atoms with van der Waals surface area (Å²) in [5.41, 5.74) is 6.08. The minimum atomic E-state index is -4.14. The van der Waals surface area contributed by atoms with Gasteiger partial charge in [0, 0.05) is 18.6 Å². The highest BCUT2D eigenvalue weighted by molar-refractivity contribution is 4.75. The van der Waals surface area contributed by atoms with Gasteiger partial charge in [-0.1, -0.05) is 20.8 Å². The number of rotatable bonds is 6. The van der Waals surface area contributed by atoms with Crippen molar-refractivity contribution in [2.24, 2.45) is 11.1 Å². The summed E-state index contributed by atoms with van der Waals surface area (Å²) in [6.45, 7) is 9.36. The zero-order valence-corrected chi connectivity index (χ0v) is 12.1. The minimum absolute atomic E-state index is 0.0421. The minimum Gasteiger partial charge on any atom is -0.328 e. The first-order valence-corrected chi connectivity index (χ1v) is 6.47. The molecule has 0 aliphatic carbocycles. The molecule has 0 aromatic heterocycles. The van der Waals surface area contributed by atoms with Gasteiger partial charge in [-0.05, 0) is 32.1 Å². The van der Waals surface area contributed by atoms with Gasteiger partial charge in [0.15, 0.2) is 0 Å². The van der Waals surface area contributed by atoms with Gasteiger partial charge in [0.2, 0.25) is 0 Å². The Labute approximate surface area is 109 Å². The molecule has 0 aliphatic heterocycles. The summed E-state index contributed by atoms with van der Waals surface area (Å²) in [4.78, 5) is 1.43. The van der Waals surface area contributed by atoms with Crippen LogP contribution in [0.25, 0.3) is 0 Å². The van der Waals surface area contributed by atoms with E-state index in [1.165, 1.54) is 4.90 Å². The van der Waals surface area contributed by atoms with Crippen LogP contribution in [-0.4, -0.2) is 36.2 Å². The lowest BCUT2D eigenvalue weighted by molar-refractivity contribution is -0.149. The molecule has 0 aromatic carbocycles. The van der Waals surface area contributed by atoms with E-state index < -0.39 is 12.7 Å². The average molecular weight is 268 g/mol. The van der Waals surface area contributed by atoms with Gasteiger partial charge in [-0.3, -0.25) is 4.90 Å². The zero-order chi connectivity index (χ0) is 14.6. The predicted molar refractivity (Wildman–Crippen MR) is 69.4 cm³/mol. The van der Waals surface area contributed by atoms with Gasteiger partial charge in [-0.2, -0.15) is 13.2 Å². The van der Waals surface area contributed by atoms with Crippen molar-refractivity contribution in [1.29, 1.82) is 0 Å². The quantitative estimate of drug-likeness (QED) is 0.800. The fraction of sp³-hybridized carbons (Fsp3) is 1.00. The van der Waals surface area contributed by atoms with Crippen molar-refractivity contribution in [2.45, 2.75) is 65.7 Å². The van der Waals surface area contributed by atoms with Crippen molar-refractivity contribution in [3.8, 4) is 0 Å². The fourth-order valence-electron chi connectivity index (χ4n) is 1.97. The number of nitrogens with two attached hydrogens (primary N) is 1. The number of nitrogens with zero attached hydrogens (tertiary/aromatic N) is 1. The Morgan fingerprint density at radius 2 is 1.61 bits per heavy atom. The standard InChI is InChI=1S/C13H27F3N2/c1-10(2)18(9-13(14,15)16)7-6-11(17)8-12(3,4)5/h10-11H,6-9,17H2,1-5H3. The number of halogens is 3. The maximum Gasteiger partial charge on any atom is 0.401 e. The van der Waals surface area contributed by atoms with Crippen molar-refractivity contribution in [3.05, 3.63) is 0 Å². The normalized spacial score (nSPS) is 15.5. The van der Waals surface area contributed by atoms with E-state index in [1.807, 2.05) is 0 Å². The first-order valence-electron chi connectivity index (χ1n) is 6.47. The molecule has 1 atom stereocenters.